The van der Waals surface area contributed by atoms with E-state index >= 15 is 0 Å². The van der Waals surface area contributed by atoms with Crippen LogP contribution in [0.4, 0.5) is 5.69 Å². The second-order valence-corrected chi connectivity index (χ2v) is 9.10. The Morgan fingerprint density at radius 3 is 2.69 bits per heavy atom. The van der Waals surface area contributed by atoms with Gasteiger partial charge in [0.05, 0.1) is 23.1 Å². The average Bonchev–Trinajstić information content (AvgIpc) is 3.16. The van der Waals surface area contributed by atoms with Crippen molar-refractivity contribution >= 4 is 16.7 Å². The summed E-state index contributed by atoms with van der Waals surface area (Å²) < 4.78 is 7.61. The fraction of sp³-hybridized carbons (Fsp3) is 0.480. The van der Waals surface area contributed by atoms with Gasteiger partial charge >= 0.3 is 0 Å². The molecule has 0 aliphatic carbocycles. The number of rotatable bonds is 6. The van der Waals surface area contributed by atoms with Crippen LogP contribution >= 0.6 is 0 Å². The minimum Gasteiger partial charge on any atom is -0.497 e. The molecule has 0 radical (unpaired) electrons. The van der Waals surface area contributed by atoms with E-state index in [1.807, 2.05) is 18.2 Å². The number of hydrogen-bond donors (Lipinski definition) is 0. The zero-order valence-corrected chi connectivity index (χ0v) is 18.6. The van der Waals surface area contributed by atoms with Crippen molar-refractivity contribution in [2.45, 2.75) is 51.1 Å². The molecule has 2 aliphatic rings. The van der Waals surface area contributed by atoms with Crippen molar-refractivity contribution in [3.63, 3.8) is 0 Å². The van der Waals surface area contributed by atoms with Gasteiger partial charge in [0.15, 0.2) is 0 Å². The Hall–Kier alpha value is -2.93. The minimum absolute atomic E-state index is 0.0919. The molecule has 32 heavy (non-hydrogen) atoms. The molecule has 0 saturated carbocycles. The molecule has 0 N–H and O–H groups in total. The van der Waals surface area contributed by atoms with E-state index in [1.54, 1.807) is 19.2 Å². The van der Waals surface area contributed by atoms with Gasteiger partial charge < -0.3 is 14.2 Å². The molecule has 168 valence electrons. The van der Waals surface area contributed by atoms with E-state index in [-0.39, 0.29) is 10.6 Å². The maximum atomic E-state index is 11.3. The normalized spacial score (nSPS) is 21.4. The van der Waals surface area contributed by atoms with Crippen LogP contribution in [0.3, 0.4) is 0 Å². The van der Waals surface area contributed by atoms with Crippen LogP contribution in [0, 0.1) is 16.0 Å². The molecule has 7 heteroatoms. The molecule has 0 spiro atoms. The Bertz CT molecular complexity index is 1110. The van der Waals surface area contributed by atoms with Crippen molar-refractivity contribution in [2.75, 3.05) is 20.2 Å². The smallest absolute Gasteiger partial charge is 0.271 e. The molecule has 2 aromatic carbocycles. The first-order valence-corrected chi connectivity index (χ1v) is 11.6. The highest BCUT2D eigenvalue weighted by atomic mass is 16.6. The molecule has 7 nitrogen and oxygen atoms in total. The van der Waals surface area contributed by atoms with Crippen LogP contribution in [0.5, 0.6) is 5.75 Å². The third kappa shape index (κ3) is 4.09. The molecule has 0 bridgehead atoms. The molecule has 2 atom stereocenters. The molecule has 3 aromatic rings. The second-order valence-electron chi connectivity index (χ2n) is 9.10. The summed E-state index contributed by atoms with van der Waals surface area (Å²) in [5.74, 6) is 2.39. The molecular weight excluding hydrogens is 404 g/mol. The van der Waals surface area contributed by atoms with Crippen LogP contribution in [-0.4, -0.2) is 45.6 Å². The number of non-ortho nitro benzene ring substituents is 1. The Labute approximate surface area is 188 Å². The molecule has 1 aromatic heterocycles. The highest BCUT2D eigenvalue weighted by molar-refractivity contribution is 5.79. The van der Waals surface area contributed by atoms with Crippen LogP contribution in [0.15, 0.2) is 42.5 Å². The predicted octanol–water partition coefficient (Wildman–Crippen LogP) is 4.81. The van der Waals surface area contributed by atoms with Gasteiger partial charge in [0.1, 0.15) is 11.6 Å². The predicted molar refractivity (Wildman–Crippen MR) is 124 cm³/mol. The van der Waals surface area contributed by atoms with E-state index in [9.17, 15) is 10.1 Å². The summed E-state index contributed by atoms with van der Waals surface area (Å²) >= 11 is 0. The number of nitro benzene ring substituents is 1. The van der Waals surface area contributed by atoms with E-state index in [0.29, 0.717) is 23.9 Å². The zero-order chi connectivity index (χ0) is 22.1. The highest BCUT2D eigenvalue weighted by Gasteiger charge is 2.33. The lowest BCUT2D eigenvalue weighted by molar-refractivity contribution is -0.384. The molecule has 3 heterocycles. The van der Waals surface area contributed by atoms with Gasteiger partial charge in [-0.15, -0.1) is 0 Å². The first kappa shape index (κ1) is 20.9. The molecule has 2 aliphatic heterocycles. The molecule has 1 unspecified atom stereocenters. The Morgan fingerprint density at radius 1 is 1.09 bits per heavy atom. The van der Waals surface area contributed by atoms with Gasteiger partial charge in [0.25, 0.3) is 5.69 Å². The maximum absolute atomic E-state index is 11.3. The third-order valence-electron chi connectivity index (χ3n) is 7.19. The van der Waals surface area contributed by atoms with Gasteiger partial charge in [0, 0.05) is 31.1 Å². The fourth-order valence-corrected chi connectivity index (χ4v) is 5.57. The van der Waals surface area contributed by atoms with E-state index in [0.717, 1.165) is 29.2 Å². The van der Waals surface area contributed by atoms with Crippen LogP contribution in [-0.2, 0) is 13.0 Å². The van der Waals surface area contributed by atoms with Gasteiger partial charge in [-0.3, -0.25) is 10.1 Å². The Balaban J connectivity index is 1.50. The molecular formula is C25H30N4O3. The van der Waals surface area contributed by atoms with Crippen molar-refractivity contribution in [2.24, 2.45) is 5.92 Å². The van der Waals surface area contributed by atoms with Gasteiger partial charge in [-0.05, 0) is 68.5 Å². The number of benzene rings is 2. The van der Waals surface area contributed by atoms with Gasteiger partial charge in [-0.1, -0.05) is 18.6 Å². The van der Waals surface area contributed by atoms with Crippen LogP contribution < -0.4 is 4.74 Å². The summed E-state index contributed by atoms with van der Waals surface area (Å²) in [6, 6.07) is 13.8. The topological polar surface area (TPSA) is 73.4 Å². The number of nitro groups is 1. The van der Waals surface area contributed by atoms with Crippen molar-refractivity contribution in [1.29, 1.82) is 0 Å². The fourth-order valence-electron chi connectivity index (χ4n) is 5.57. The van der Waals surface area contributed by atoms with E-state index in [2.05, 4.69) is 21.6 Å². The standard InChI is InChI=1S/C25H30N4O3/c1-32-21-10-7-18(8-11-21)15-25-26-22-16-20(29(30)31)9-12-24(22)28(25)17-19-5-4-14-27-13-3-2-6-23(19)27/h7-12,16,19,23H,2-6,13-15,17H2,1H3/t19-,23?/m0/s1. The number of fused-ring (bicyclic) bond motifs is 2. The van der Waals surface area contributed by atoms with Crippen molar-refractivity contribution in [1.82, 2.24) is 14.5 Å². The van der Waals surface area contributed by atoms with Crippen molar-refractivity contribution in [3.8, 4) is 5.75 Å². The Kier molecular flexibility index (Phi) is 5.83. The first-order chi connectivity index (χ1) is 15.6. The number of imidazole rings is 1. The number of ether oxygens (including phenoxy) is 1. The highest BCUT2D eigenvalue weighted by Crippen LogP contribution is 2.34. The largest absolute Gasteiger partial charge is 0.497 e. The van der Waals surface area contributed by atoms with Crippen LogP contribution in [0.2, 0.25) is 0 Å². The quantitative estimate of drug-likeness (QED) is 0.411. The molecule has 2 fully saturated rings. The summed E-state index contributed by atoms with van der Waals surface area (Å²) in [5.41, 5.74) is 2.94. The molecule has 0 amide bonds. The summed E-state index contributed by atoms with van der Waals surface area (Å²) in [4.78, 5) is 18.5. The van der Waals surface area contributed by atoms with Gasteiger partial charge in [-0.25, -0.2) is 4.98 Å². The zero-order valence-electron chi connectivity index (χ0n) is 18.6. The third-order valence-corrected chi connectivity index (χ3v) is 7.19. The summed E-state index contributed by atoms with van der Waals surface area (Å²) in [6.45, 7) is 3.36. The lowest BCUT2D eigenvalue weighted by atomic mass is 9.83. The van der Waals surface area contributed by atoms with Crippen LogP contribution in [0.25, 0.3) is 11.0 Å². The van der Waals surface area contributed by atoms with E-state index in [1.165, 1.54) is 45.2 Å². The molecule has 5 rings (SSSR count). The summed E-state index contributed by atoms with van der Waals surface area (Å²) in [7, 11) is 1.67. The number of methoxy groups -OCH3 is 1. The Morgan fingerprint density at radius 2 is 1.91 bits per heavy atom. The van der Waals surface area contributed by atoms with Gasteiger partial charge in [0.2, 0.25) is 0 Å². The van der Waals surface area contributed by atoms with E-state index in [4.69, 9.17) is 9.72 Å². The first-order valence-electron chi connectivity index (χ1n) is 11.6. The summed E-state index contributed by atoms with van der Waals surface area (Å²) in [5, 5.41) is 11.3. The minimum atomic E-state index is -0.345. The molecule has 2 saturated heterocycles. The number of piperidine rings is 2. The van der Waals surface area contributed by atoms with Crippen LogP contribution in [0.1, 0.15) is 43.5 Å². The lowest BCUT2D eigenvalue weighted by Crippen LogP contribution is -2.49. The average molecular weight is 435 g/mol. The SMILES string of the molecule is COc1ccc(Cc2nc3cc([N+](=O)[O-])ccc3n2C[C@@H]2CCCN3CCCCC23)cc1. The number of nitrogens with zero attached hydrogens (tertiary/aromatic N) is 4. The van der Waals surface area contributed by atoms with Crippen molar-refractivity contribution in [3.05, 3.63) is 64.0 Å². The lowest BCUT2D eigenvalue weighted by Gasteiger charge is -2.44. The maximum Gasteiger partial charge on any atom is 0.271 e. The number of aromatic nitrogens is 2. The monoisotopic (exact) mass is 434 g/mol. The second kappa shape index (κ2) is 8.90. The summed E-state index contributed by atoms with van der Waals surface area (Å²) in [6.07, 6.45) is 7.06. The van der Waals surface area contributed by atoms with Crippen molar-refractivity contribution < 1.29 is 9.66 Å². The van der Waals surface area contributed by atoms with Gasteiger partial charge in [-0.2, -0.15) is 0 Å². The van der Waals surface area contributed by atoms with E-state index < -0.39 is 0 Å². The number of hydrogen-bond acceptors (Lipinski definition) is 5.